The third-order valence-corrected chi connectivity index (χ3v) is 2.21. The molecule has 0 saturated carbocycles. The summed E-state index contributed by atoms with van der Waals surface area (Å²) in [6.07, 6.45) is -0.416. The Hall–Kier alpha value is -0.290. The Bertz CT molecular complexity index is 248. The summed E-state index contributed by atoms with van der Waals surface area (Å²) in [5.74, 6) is 0.832. The Morgan fingerprint density at radius 2 is 2.17 bits per heavy atom. The molecule has 0 fully saturated rings. The van der Waals surface area contributed by atoms with E-state index in [1.54, 1.807) is 6.92 Å². The summed E-state index contributed by atoms with van der Waals surface area (Å²) in [6, 6.07) is 7.73. The van der Waals surface area contributed by atoms with E-state index in [1.807, 2.05) is 24.3 Å². The first kappa shape index (κ1) is 9.80. The summed E-state index contributed by atoms with van der Waals surface area (Å²) in [4.78, 5) is 0. The molecule has 0 amide bonds. The molecule has 1 aromatic carbocycles. The fourth-order valence-electron chi connectivity index (χ4n) is 0.772. The standard InChI is InChI=1S/C9H11IO2/c1-7(11)6-12-9-5-3-2-4-8(9)10/h2-5,7,11H,6H2,1H3/t7-/m0/s1. The van der Waals surface area contributed by atoms with E-state index in [2.05, 4.69) is 22.6 Å². The van der Waals surface area contributed by atoms with Crippen molar-refractivity contribution in [3.8, 4) is 5.75 Å². The van der Waals surface area contributed by atoms with E-state index < -0.39 is 6.10 Å². The van der Waals surface area contributed by atoms with Crippen LogP contribution in [0.3, 0.4) is 0 Å². The van der Waals surface area contributed by atoms with E-state index >= 15 is 0 Å². The Kier molecular flexibility index (Phi) is 3.81. The van der Waals surface area contributed by atoms with Gasteiger partial charge >= 0.3 is 0 Å². The molecule has 0 bridgehead atoms. The number of aliphatic hydroxyl groups is 1. The van der Waals surface area contributed by atoms with Crippen molar-refractivity contribution in [1.29, 1.82) is 0 Å². The zero-order valence-electron chi connectivity index (χ0n) is 6.83. The van der Waals surface area contributed by atoms with Crippen molar-refractivity contribution in [2.45, 2.75) is 13.0 Å². The molecular formula is C9H11IO2. The van der Waals surface area contributed by atoms with Crippen LogP contribution in [0.25, 0.3) is 0 Å². The van der Waals surface area contributed by atoms with Crippen LogP contribution >= 0.6 is 22.6 Å². The molecule has 0 aliphatic carbocycles. The fraction of sp³-hybridized carbons (Fsp3) is 0.333. The van der Waals surface area contributed by atoms with Crippen LogP contribution in [0.2, 0.25) is 0 Å². The van der Waals surface area contributed by atoms with E-state index in [0.717, 1.165) is 9.32 Å². The van der Waals surface area contributed by atoms with Gasteiger partial charge in [-0.3, -0.25) is 0 Å². The van der Waals surface area contributed by atoms with Gasteiger partial charge in [0.15, 0.2) is 0 Å². The van der Waals surface area contributed by atoms with Gasteiger partial charge in [0.2, 0.25) is 0 Å². The molecule has 0 aliphatic rings. The number of halogens is 1. The molecule has 0 unspecified atom stereocenters. The van der Waals surface area contributed by atoms with Crippen molar-refractivity contribution >= 4 is 22.6 Å². The quantitative estimate of drug-likeness (QED) is 0.857. The highest BCUT2D eigenvalue weighted by atomic mass is 127. The first-order chi connectivity index (χ1) is 5.70. The summed E-state index contributed by atoms with van der Waals surface area (Å²) >= 11 is 2.20. The first-order valence-corrected chi connectivity index (χ1v) is 4.83. The van der Waals surface area contributed by atoms with Gasteiger partial charge < -0.3 is 9.84 Å². The van der Waals surface area contributed by atoms with Crippen LogP contribution in [0, 0.1) is 3.57 Å². The van der Waals surface area contributed by atoms with Crippen molar-refractivity contribution in [3.05, 3.63) is 27.8 Å². The molecular weight excluding hydrogens is 267 g/mol. The number of aliphatic hydroxyl groups excluding tert-OH is 1. The minimum absolute atomic E-state index is 0.347. The van der Waals surface area contributed by atoms with Gasteiger partial charge in [0.05, 0.1) is 9.67 Å². The number of hydrogen-bond donors (Lipinski definition) is 1. The maximum atomic E-state index is 8.98. The molecule has 1 atom stereocenters. The van der Waals surface area contributed by atoms with Crippen molar-refractivity contribution in [3.63, 3.8) is 0 Å². The lowest BCUT2D eigenvalue weighted by Gasteiger charge is -2.08. The number of hydrogen-bond acceptors (Lipinski definition) is 2. The third-order valence-electron chi connectivity index (χ3n) is 1.32. The van der Waals surface area contributed by atoms with Crippen molar-refractivity contribution < 1.29 is 9.84 Å². The van der Waals surface area contributed by atoms with Crippen molar-refractivity contribution in [2.24, 2.45) is 0 Å². The second kappa shape index (κ2) is 4.67. The van der Waals surface area contributed by atoms with Crippen molar-refractivity contribution in [1.82, 2.24) is 0 Å². The highest BCUT2D eigenvalue weighted by Gasteiger charge is 2.00. The molecule has 0 heterocycles. The predicted octanol–water partition coefficient (Wildman–Crippen LogP) is 2.05. The van der Waals surface area contributed by atoms with E-state index in [1.165, 1.54) is 0 Å². The lowest BCUT2D eigenvalue weighted by molar-refractivity contribution is 0.122. The topological polar surface area (TPSA) is 29.5 Å². The van der Waals surface area contributed by atoms with Gasteiger partial charge in [-0.1, -0.05) is 12.1 Å². The van der Waals surface area contributed by atoms with E-state index in [9.17, 15) is 0 Å². The normalized spacial score (nSPS) is 12.6. The zero-order chi connectivity index (χ0) is 8.97. The molecule has 0 aromatic heterocycles. The Balaban J connectivity index is 2.57. The van der Waals surface area contributed by atoms with Crippen molar-refractivity contribution in [2.75, 3.05) is 6.61 Å². The minimum Gasteiger partial charge on any atom is -0.490 e. The number of ether oxygens (including phenoxy) is 1. The van der Waals surface area contributed by atoms with Gasteiger partial charge in [-0.05, 0) is 41.6 Å². The number of para-hydroxylation sites is 1. The Morgan fingerprint density at radius 3 is 2.75 bits per heavy atom. The Labute approximate surface area is 85.7 Å². The van der Waals surface area contributed by atoms with Gasteiger partial charge in [-0.25, -0.2) is 0 Å². The van der Waals surface area contributed by atoms with Gasteiger partial charge in [0, 0.05) is 0 Å². The third kappa shape index (κ3) is 2.98. The highest BCUT2D eigenvalue weighted by Crippen LogP contribution is 2.19. The maximum Gasteiger partial charge on any atom is 0.132 e. The van der Waals surface area contributed by atoms with Crippen LogP contribution in [-0.4, -0.2) is 17.8 Å². The zero-order valence-corrected chi connectivity index (χ0v) is 8.98. The summed E-state index contributed by atoms with van der Waals surface area (Å²) in [5, 5.41) is 8.98. The Morgan fingerprint density at radius 1 is 1.50 bits per heavy atom. The lowest BCUT2D eigenvalue weighted by Crippen LogP contribution is -2.13. The van der Waals surface area contributed by atoms with Crippen LogP contribution < -0.4 is 4.74 Å². The molecule has 0 spiro atoms. The minimum atomic E-state index is -0.416. The maximum absolute atomic E-state index is 8.98. The molecule has 0 aliphatic heterocycles. The van der Waals surface area contributed by atoms with E-state index in [0.29, 0.717) is 6.61 Å². The summed E-state index contributed by atoms with van der Waals surface area (Å²) in [7, 11) is 0. The van der Waals surface area contributed by atoms with Gasteiger partial charge in [0.25, 0.3) is 0 Å². The largest absolute Gasteiger partial charge is 0.490 e. The van der Waals surface area contributed by atoms with Gasteiger partial charge in [0.1, 0.15) is 12.4 Å². The van der Waals surface area contributed by atoms with Gasteiger partial charge in [-0.2, -0.15) is 0 Å². The first-order valence-electron chi connectivity index (χ1n) is 3.75. The number of rotatable bonds is 3. The molecule has 0 saturated heterocycles. The second-order valence-corrected chi connectivity index (χ2v) is 3.75. The SMILES string of the molecule is C[C@H](O)COc1ccccc1I. The van der Waals surface area contributed by atoms with Crippen LogP contribution in [0.5, 0.6) is 5.75 Å². The van der Waals surface area contributed by atoms with Crippen LogP contribution in [0.1, 0.15) is 6.92 Å². The molecule has 0 radical (unpaired) electrons. The monoisotopic (exact) mass is 278 g/mol. The van der Waals surface area contributed by atoms with E-state index in [-0.39, 0.29) is 0 Å². The molecule has 2 nitrogen and oxygen atoms in total. The molecule has 66 valence electrons. The molecule has 1 aromatic rings. The average Bonchev–Trinajstić information content (AvgIpc) is 2.03. The molecule has 1 rings (SSSR count). The highest BCUT2D eigenvalue weighted by molar-refractivity contribution is 14.1. The lowest BCUT2D eigenvalue weighted by atomic mass is 10.3. The second-order valence-electron chi connectivity index (χ2n) is 2.59. The molecule has 12 heavy (non-hydrogen) atoms. The van der Waals surface area contributed by atoms with Crippen LogP contribution in [0.4, 0.5) is 0 Å². The van der Waals surface area contributed by atoms with Crippen LogP contribution in [0.15, 0.2) is 24.3 Å². The summed E-state index contributed by atoms with van der Waals surface area (Å²) in [5.41, 5.74) is 0. The number of benzene rings is 1. The molecule has 1 N–H and O–H groups in total. The van der Waals surface area contributed by atoms with Gasteiger partial charge in [-0.15, -0.1) is 0 Å². The summed E-state index contributed by atoms with van der Waals surface area (Å²) in [6.45, 7) is 2.05. The van der Waals surface area contributed by atoms with Crippen LogP contribution in [-0.2, 0) is 0 Å². The predicted molar refractivity (Wildman–Crippen MR) is 56.3 cm³/mol. The summed E-state index contributed by atoms with van der Waals surface area (Å²) < 4.78 is 6.41. The fourth-order valence-corrected chi connectivity index (χ4v) is 1.32. The average molecular weight is 278 g/mol. The van der Waals surface area contributed by atoms with E-state index in [4.69, 9.17) is 9.84 Å². The smallest absolute Gasteiger partial charge is 0.132 e. The molecule has 3 heteroatoms.